The Balaban J connectivity index is 2.27. The highest BCUT2D eigenvalue weighted by Crippen LogP contribution is 2.02. The number of hydrogen-bond acceptors (Lipinski definition) is 5. The van der Waals surface area contributed by atoms with Gasteiger partial charge in [0.1, 0.15) is 6.61 Å². The molecule has 1 aromatic carbocycles. The molecular weight excluding hydrogens is 248 g/mol. The molecule has 1 aromatic rings. The summed E-state index contributed by atoms with van der Waals surface area (Å²) in [6, 6.07) is 9.26. The van der Waals surface area contributed by atoms with Crippen LogP contribution in [0, 0.1) is 0 Å². The molecule has 0 aromatic heterocycles. The van der Waals surface area contributed by atoms with E-state index in [0.717, 1.165) is 10.6 Å². The third kappa shape index (κ3) is 5.87. The standard InChI is InChI=1S/C13H18N2O4/c1-2-18-12(16)8-9-15(14)13(17)19-10-11-6-4-3-5-7-11/h3-7H,2,8-10,14H2,1H3. The van der Waals surface area contributed by atoms with E-state index in [2.05, 4.69) is 0 Å². The van der Waals surface area contributed by atoms with Crippen molar-refractivity contribution in [1.82, 2.24) is 5.01 Å². The van der Waals surface area contributed by atoms with E-state index < -0.39 is 12.1 Å². The molecule has 6 heteroatoms. The molecular formula is C13H18N2O4. The molecule has 0 aliphatic rings. The summed E-state index contributed by atoms with van der Waals surface area (Å²) in [5.74, 6) is 5.08. The van der Waals surface area contributed by atoms with Gasteiger partial charge < -0.3 is 9.47 Å². The lowest BCUT2D eigenvalue weighted by Crippen LogP contribution is -2.39. The molecule has 6 nitrogen and oxygen atoms in total. The summed E-state index contributed by atoms with van der Waals surface area (Å²) < 4.78 is 9.72. The monoisotopic (exact) mass is 266 g/mol. The van der Waals surface area contributed by atoms with Crippen molar-refractivity contribution in [2.45, 2.75) is 20.0 Å². The van der Waals surface area contributed by atoms with Crippen LogP contribution in [0.2, 0.25) is 0 Å². The average molecular weight is 266 g/mol. The van der Waals surface area contributed by atoms with Crippen molar-refractivity contribution in [2.75, 3.05) is 13.2 Å². The Kier molecular flexibility index (Phi) is 6.38. The number of esters is 1. The molecule has 0 saturated heterocycles. The molecule has 0 heterocycles. The zero-order chi connectivity index (χ0) is 14.1. The quantitative estimate of drug-likeness (QED) is 0.365. The first-order valence-corrected chi connectivity index (χ1v) is 6.02. The minimum Gasteiger partial charge on any atom is -0.466 e. The second-order valence-electron chi connectivity index (χ2n) is 3.79. The summed E-state index contributed by atoms with van der Waals surface area (Å²) in [5.41, 5.74) is 0.870. The maximum Gasteiger partial charge on any atom is 0.424 e. The first-order chi connectivity index (χ1) is 9.13. The van der Waals surface area contributed by atoms with Gasteiger partial charge in [0.05, 0.1) is 19.6 Å². The number of carbonyl (C=O) groups is 2. The van der Waals surface area contributed by atoms with E-state index in [1.807, 2.05) is 30.3 Å². The summed E-state index contributed by atoms with van der Waals surface area (Å²) in [4.78, 5) is 22.6. The predicted molar refractivity (Wildman–Crippen MR) is 68.8 cm³/mol. The molecule has 0 unspecified atom stereocenters. The summed E-state index contributed by atoms with van der Waals surface area (Å²) in [6.45, 7) is 2.23. The maximum absolute atomic E-state index is 11.5. The van der Waals surface area contributed by atoms with Crippen molar-refractivity contribution >= 4 is 12.1 Å². The van der Waals surface area contributed by atoms with Crippen molar-refractivity contribution in [2.24, 2.45) is 5.84 Å². The van der Waals surface area contributed by atoms with E-state index in [0.29, 0.717) is 6.61 Å². The predicted octanol–water partition coefficient (Wildman–Crippen LogP) is 1.45. The number of hydrogen-bond donors (Lipinski definition) is 1. The van der Waals surface area contributed by atoms with E-state index in [1.54, 1.807) is 6.92 Å². The fourth-order valence-electron chi connectivity index (χ4n) is 1.34. The van der Waals surface area contributed by atoms with Crippen molar-refractivity contribution in [1.29, 1.82) is 0 Å². The molecule has 1 amide bonds. The molecule has 0 aliphatic carbocycles. The van der Waals surface area contributed by atoms with Crippen molar-refractivity contribution in [3.05, 3.63) is 35.9 Å². The Labute approximate surface area is 112 Å². The summed E-state index contributed by atoms with van der Waals surface area (Å²) >= 11 is 0. The Morgan fingerprint density at radius 3 is 2.53 bits per heavy atom. The van der Waals surface area contributed by atoms with Crippen LogP contribution in [-0.2, 0) is 20.9 Å². The second kappa shape index (κ2) is 8.10. The molecule has 19 heavy (non-hydrogen) atoms. The van der Waals surface area contributed by atoms with Crippen molar-refractivity contribution in [3.8, 4) is 0 Å². The van der Waals surface area contributed by atoms with Gasteiger partial charge in [-0.25, -0.2) is 15.6 Å². The Morgan fingerprint density at radius 2 is 1.89 bits per heavy atom. The molecule has 0 bridgehead atoms. The molecule has 0 fully saturated rings. The zero-order valence-electron chi connectivity index (χ0n) is 10.9. The van der Waals surface area contributed by atoms with Crippen LogP contribution in [-0.4, -0.2) is 30.2 Å². The van der Waals surface area contributed by atoms with Gasteiger partial charge >= 0.3 is 12.1 Å². The molecule has 2 N–H and O–H groups in total. The van der Waals surface area contributed by atoms with E-state index in [4.69, 9.17) is 15.3 Å². The topological polar surface area (TPSA) is 81.9 Å². The number of amides is 1. The van der Waals surface area contributed by atoms with Crippen molar-refractivity contribution < 1.29 is 19.1 Å². The van der Waals surface area contributed by atoms with Crippen LogP contribution in [0.3, 0.4) is 0 Å². The highest BCUT2D eigenvalue weighted by atomic mass is 16.6. The SMILES string of the molecule is CCOC(=O)CCN(N)C(=O)OCc1ccccc1. The number of nitrogens with zero attached hydrogens (tertiary/aromatic N) is 1. The van der Waals surface area contributed by atoms with Crippen LogP contribution in [0.15, 0.2) is 30.3 Å². The normalized spacial score (nSPS) is 9.79. The fraction of sp³-hybridized carbons (Fsp3) is 0.385. The van der Waals surface area contributed by atoms with Gasteiger partial charge in [-0.15, -0.1) is 0 Å². The summed E-state index contributed by atoms with van der Waals surface area (Å²) in [5, 5.41) is 0.861. The van der Waals surface area contributed by atoms with E-state index >= 15 is 0 Å². The smallest absolute Gasteiger partial charge is 0.424 e. The number of rotatable bonds is 6. The zero-order valence-corrected chi connectivity index (χ0v) is 10.9. The van der Waals surface area contributed by atoms with Crippen LogP contribution < -0.4 is 5.84 Å². The minimum atomic E-state index is -0.673. The molecule has 0 atom stereocenters. The largest absolute Gasteiger partial charge is 0.466 e. The van der Waals surface area contributed by atoms with Gasteiger partial charge in [-0.3, -0.25) is 4.79 Å². The highest BCUT2D eigenvalue weighted by molar-refractivity contribution is 5.71. The fourth-order valence-corrected chi connectivity index (χ4v) is 1.34. The van der Waals surface area contributed by atoms with Crippen LogP contribution in [0.4, 0.5) is 4.79 Å². The third-order valence-electron chi connectivity index (χ3n) is 2.30. The van der Waals surface area contributed by atoms with Gasteiger partial charge in [0.15, 0.2) is 0 Å². The van der Waals surface area contributed by atoms with Gasteiger partial charge in [-0.1, -0.05) is 30.3 Å². The molecule has 0 saturated carbocycles. The lowest BCUT2D eigenvalue weighted by molar-refractivity contribution is -0.143. The first kappa shape index (κ1) is 15.0. The Morgan fingerprint density at radius 1 is 1.21 bits per heavy atom. The van der Waals surface area contributed by atoms with Gasteiger partial charge in [0.25, 0.3) is 0 Å². The van der Waals surface area contributed by atoms with E-state index in [-0.39, 0.29) is 19.6 Å². The maximum atomic E-state index is 11.5. The minimum absolute atomic E-state index is 0.0464. The first-order valence-electron chi connectivity index (χ1n) is 6.02. The number of benzene rings is 1. The van der Waals surface area contributed by atoms with Gasteiger partial charge in [-0.2, -0.15) is 0 Å². The summed E-state index contributed by atoms with van der Waals surface area (Å²) in [7, 11) is 0. The number of hydrazine groups is 1. The lowest BCUT2D eigenvalue weighted by atomic mass is 10.2. The van der Waals surface area contributed by atoms with Crippen LogP contribution in [0.25, 0.3) is 0 Å². The van der Waals surface area contributed by atoms with E-state index in [1.165, 1.54) is 0 Å². The molecule has 1 rings (SSSR count). The lowest BCUT2D eigenvalue weighted by Gasteiger charge is -2.15. The van der Waals surface area contributed by atoms with Crippen LogP contribution >= 0.6 is 0 Å². The molecule has 0 radical (unpaired) electrons. The van der Waals surface area contributed by atoms with E-state index in [9.17, 15) is 9.59 Å². The van der Waals surface area contributed by atoms with Gasteiger partial charge in [-0.05, 0) is 12.5 Å². The van der Waals surface area contributed by atoms with Crippen molar-refractivity contribution in [3.63, 3.8) is 0 Å². The highest BCUT2D eigenvalue weighted by Gasteiger charge is 2.13. The molecule has 0 aliphatic heterocycles. The second-order valence-corrected chi connectivity index (χ2v) is 3.79. The summed E-state index contributed by atoms with van der Waals surface area (Å²) in [6.07, 6.45) is -0.627. The Hall–Kier alpha value is -2.08. The number of carbonyl (C=O) groups excluding carboxylic acids is 2. The van der Waals surface area contributed by atoms with Gasteiger partial charge in [0, 0.05) is 0 Å². The third-order valence-corrected chi connectivity index (χ3v) is 2.30. The Bertz CT molecular complexity index is 408. The number of nitrogens with two attached hydrogens (primary N) is 1. The molecule has 104 valence electrons. The van der Waals surface area contributed by atoms with Gasteiger partial charge in [0.2, 0.25) is 0 Å². The molecule has 0 spiro atoms. The average Bonchev–Trinajstić information content (AvgIpc) is 2.43. The van der Waals surface area contributed by atoms with Crippen LogP contribution in [0.1, 0.15) is 18.9 Å². The van der Waals surface area contributed by atoms with Crippen LogP contribution in [0.5, 0.6) is 0 Å². The number of ether oxygens (including phenoxy) is 2.